The SMILES string of the molecule is O=C(Cc1ccc(F)cc1)Nc1cccnc1C(=O)NCc1ccccc1. The van der Waals surface area contributed by atoms with Crippen LogP contribution in [0.1, 0.15) is 21.6 Å². The van der Waals surface area contributed by atoms with Gasteiger partial charge in [-0.2, -0.15) is 0 Å². The number of anilines is 1. The van der Waals surface area contributed by atoms with E-state index in [1.165, 1.54) is 18.3 Å². The van der Waals surface area contributed by atoms with E-state index in [1.807, 2.05) is 30.3 Å². The van der Waals surface area contributed by atoms with Crippen LogP contribution < -0.4 is 10.6 Å². The molecule has 2 amide bonds. The molecule has 0 radical (unpaired) electrons. The number of hydrogen-bond donors (Lipinski definition) is 2. The highest BCUT2D eigenvalue weighted by Gasteiger charge is 2.15. The molecule has 0 bridgehead atoms. The number of hydrogen-bond acceptors (Lipinski definition) is 3. The molecule has 3 rings (SSSR count). The molecule has 0 saturated carbocycles. The largest absolute Gasteiger partial charge is 0.347 e. The van der Waals surface area contributed by atoms with E-state index in [0.29, 0.717) is 17.8 Å². The number of amides is 2. The molecule has 0 aliphatic carbocycles. The second kappa shape index (κ2) is 8.71. The summed E-state index contributed by atoms with van der Waals surface area (Å²) in [6.07, 6.45) is 1.56. The van der Waals surface area contributed by atoms with Crippen LogP contribution >= 0.6 is 0 Å². The van der Waals surface area contributed by atoms with Crippen molar-refractivity contribution in [3.8, 4) is 0 Å². The molecule has 0 fully saturated rings. The molecule has 27 heavy (non-hydrogen) atoms. The zero-order valence-corrected chi connectivity index (χ0v) is 14.5. The summed E-state index contributed by atoms with van der Waals surface area (Å²) in [4.78, 5) is 28.8. The van der Waals surface area contributed by atoms with Gasteiger partial charge in [-0.15, -0.1) is 0 Å². The quantitative estimate of drug-likeness (QED) is 0.706. The van der Waals surface area contributed by atoms with Crippen molar-refractivity contribution in [3.63, 3.8) is 0 Å². The number of halogens is 1. The first-order valence-electron chi connectivity index (χ1n) is 8.43. The molecule has 2 N–H and O–H groups in total. The molecule has 5 nitrogen and oxygen atoms in total. The standard InChI is InChI=1S/C21H18FN3O2/c22-17-10-8-15(9-11-17)13-19(26)25-18-7-4-12-23-20(18)21(27)24-14-16-5-2-1-3-6-16/h1-12H,13-14H2,(H,24,27)(H,25,26). The van der Waals surface area contributed by atoms with Crippen LogP contribution in [0, 0.1) is 5.82 Å². The van der Waals surface area contributed by atoms with Crippen LogP contribution in [-0.4, -0.2) is 16.8 Å². The van der Waals surface area contributed by atoms with Crippen molar-refractivity contribution in [2.75, 3.05) is 5.32 Å². The Morgan fingerprint density at radius 3 is 2.37 bits per heavy atom. The van der Waals surface area contributed by atoms with Gasteiger partial charge < -0.3 is 10.6 Å². The predicted octanol–water partition coefficient (Wildman–Crippen LogP) is 3.33. The highest BCUT2D eigenvalue weighted by molar-refractivity contribution is 6.02. The van der Waals surface area contributed by atoms with Crippen LogP contribution in [0.2, 0.25) is 0 Å². The van der Waals surface area contributed by atoms with Gasteiger partial charge in [0, 0.05) is 12.7 Å². The van der Waals surface area contributed by atoms with Crippen LogP contribution in [0.25, 0.3) is 0 Å². The van der Waals surface area contributed by atoms with Crippen molar-refractivity contribution < 1.29 is 14.0 Å². The van der Waals surface area contributed by atoms with Gasteiger partial charge in [-0.3, -0.25) is 9.59 Å². The molecule has 0 atom stereocenters. The van der Waals surface area contributed by atoms with Crippen molar-refractivity contribution in [2.45, 2.75) is 13.0 Å². The zero-order chi connectivity index (χ0) is 19.1. The van der Waals surface area contributed by atoms with E-state index < -0.39 is 0 Å². The van der Waals surface area contributed by atoms with Crippen LogP contribution in [0.15, 0.2) is 72.9 Å². The summed E-state index contributed by atoms with van der Waals surface area (Å²) in [7, 11) is 0. The summed E-state index contributed by atoms with van der Waals surface area (Å²) >= 11 is 0. The smallest absolute Gasteiger partial charge is 0.272 e. The topological polar surface area (TPSA) is 71.1 Å². The average molecular weight is 363 g/mol. The molecular weight excluding hydrogens is 345 g/mol. The minimum Gasteiger partial charge on any atom is -0.347 e. The van der Waals surface area contributed by atoms with Gasteiger partial charge in [-0.1, -0.05) is 42.5 Å². The molecule has 0 spiro atoms. The third kappa shape index (κ3) is 5.22. The maximum atomic E-state index is 13.0. The summed E-state index contributed by atoms with van der Waals surface area (Å²) in [5, 5.41) is 5.49. The van der Waals surface area contributed by atoms with Crippen molar-refractivity contribution in [2.24, 2.45) is 0 Å². The molecule has 2 aromatic carbocycles. The number of carbonyl (C=O) groups excluding carboxylic acids is 2. The van der Waals surface area contributed by atoms with Gasteiger partial charge in [0.2, 0.25) is 5.91 Å². The lowest BCUT2D eigenvalue weighted by Crippen LogP contribution is -2.26. The fourth-order valence-electron chi connectivity index (χ4n) is 2.53. The number of pyridine rings is 1. The van der Waals surface area contributed by atoms with Gasteiger partial charge in [0.15, 0.2) is 5.69 Å². The van der Waals surface area contributed by atoms with E-state index in [0.717, 1.165) is 5.56 Å². The Morgan fingerprint density at radius 2 is 1.63 bits per heavy atom. The third-order valence-electron chi connectivity index (χ3n) is 3.87. The molecule has 0 aliphatic heterocycles. The van der Waals surface area contributed by atoms with Gasteiger partial charge >= 0.3 is 0 Å². The molecule has 136 valence electrons. The molecule has 0 aliphatic rings. The lowest BCUT2D eigenvalue weighted by molar-refractivity contribution is -0.115. The Kier molecular flexibility index (Phi) is 5.89. The van der Waals surface area contributed by atoms with E-state index in [2.05, 4.69) is 15.6 Å². The van der Waals surface area contributed by atoms with Crippen molar-refractivity contribution in [3.05, 3.63) is 95.6 Å². The van der Waals surface area contributed by atoms with Crippen molar-refractivity contribution in [1.82, 2.24) is 10.3 Å². The summed E-state index contributed by atoms with van der Waals surface area (Å²) in [6, 6.07) is 18.5. The monoisotopic (exact) mass is 363 g/mol. The average Bonchev–Trinajstić information content (AvgIpc) is 2.69. The number of nitrogens with zero attached hydrogens (tertiary/aromatic N) is 1. The predicted molar refractivity (Wildman–Crippen MR) is 101 cm³/mol. The van der Waals surface area contributed by atoms with E-state index in [4.69, 9.17) is 0 Å². The van der Waals surface area contributed by atoms with E-state index in [1.54, 1.807) is 24.3 Å². The molecule has 6 heteroatoms. The summed E-state index contributed by atoms with van der Waals surface area (Å²) in [6.45, 7) is 0.360. The maximum absolute atomic E-state index is 13.0. The van der Waals surface area contributed by atoms with Gasteiger partial charge in [-0.05, 0) is 35.4 Å². The summed E-state index contributed by atoms with van der Waals surface area (Å²) < 4.78 is 13.0. The molecule has 1 heterocycles. The molecule has 3 aromatic rings. The van der Waals surface area contributed by atoms with Gasteiger partial charge in [0.05, 0.1) is 12.1 Å². The first-order valence-corrected chi connectivity index (χ1v) is 8.43. The van der Waals surface area contributed by atoms with E-state index in [-0.39, 0.29) is 29.7 Å². The Hall–Kier alpha value is -3.54. The highest BCUT2D eigenvalue weighted by Crippen LogP contribution is 2.13. The van der Waals surface area contributed by atoms with Crippen molar-refractivity contribution >= 4 is 17.5 Å². The van der Waals surface area contributed by atoms with Crippen LogP contribution in [0.5, 0.6) is 0 Å². The molecular formula is C21H18FN3O2. The van der Waals surface area contributed by atoms with Gasteiger partial charge in [0.25, 0.3) is 5.91 Å². The number of nitrogens with one attached hydrogen (secondary N) is 2. The number of rotatable bonds is 6. The number of benzene rings is 2. The maximum Gasteiger partial charge on any atom is 0.272 e. The van der Waals surface area contributed by atoms with Crippen LogP contribution in [0.4, 0.5) is 10.1 Å². The van der Waals surface area contributed by atoms with E-state index in [9.17, 15) is 14.0 Å². The summed E-state index contributed by atoms with van der Waals surface area (Å²) in [5.74, 6) is -1.05. The van der Waals surface area contributed by atoms with Crippen molar-refractivity contribution in [1.29, 1.82) is 0 Å². The number of carbonyl (C=O) groups is 2. The lowest BCUT2D eigenvalue weighted by atomic mass is 10.1. The zero-order valence-electron chi connectivity index (χ0n) is 14.5. The van der Waals surface area contributed by atoms with E-state index >= 15 is 0 Å². The Morgan fingerprint density at radius 1 is 0.889 bits per heavy atom. The fourth-order valence-corrected chi connectivity index (χ4v) is 2.53. The Balaban J connectivity index is 1.65. The minimum atomic E-state index is -0.378. The molecule has 0 saturated heterocycles. The molecule has 0 unspecified atom stereocenters. The second-order valence-corrected chi connectivity index (χ2v) is 5.92. The fraction of sp³-hybridized carbons (Fsp3) is 0.0952. The first-order chi connectivity index (χ1) is 13.1. The summed E-state index contributed by atoms with van der Waals surface area (Å²) in [5.41, 5.74) is 2.10. The lowest BCUT2D eigenvalue weighted by Gasteiger charge is -2.11. The molecule has 1 aromatic heterocycles. The third-order valence-corrected chi connectivity index (χ3v) is 3.87. The second-order valence-electron chi connectivity index (χ2n) is 5.92. The highest BCUT2D eigenvalue weighted by atomic mass is 19.1. The Labute approximate surface area is 156 Å². The van der Waals surface area contributed by atoms with Crippen LogP contribution in [-0.2, 0) is 17.8 Å². The van der Waals surface area contributed by atoms with Gasteiger partial charge in [0.1, 0.15) is 5.82 Å². The van der Waals surface area contributed by atoms with Crippen LogP contribution in [0.3, 0.4) is 0 Å². The number of aromatic nitrogens is 1. The van der Waals surface area contributed by atoms with Gasteiger partial charge in [-0.25, -0.2) is 9.37 Å². The minimum absolute atomic E-state index is 0.0697. The Bertz CT molecular complexity index is 928. The normalized spacial score (nSPS) is 10.3. The first kappa shape index (κ1) is 18.3.